The molecule has 0 aromatic carbocycles. The maximum atomic E-state index is 12.1. The smallest absolute Gasteiger partial charge is 0.239 e. The topological polar surface area (TPSA) is 46.3 Å². The largest absolute Gasteiger partial charge is 0.344 e. The lowest BCUT2D eigenvalue weighted by atomic mass is 9.88. The molecule has 3 nitrogen and oxygen atoms in total. The Morgan fingerprint density at radius 3 is 2.53 bits per heavy atom. The van der Waals surface area contributed by atoms with E-state index in [-0.39, 0.29) is 17.9 Å². The number of hydrogen-bond donors (Lipinski definition) is 1. The Kier molecular flexibility index (Phi) is 3.76. The highest BCUT2D eigenvalue weighted by atomic mass is 16.2. The van der Waals surface area contributed by atoms with Crippen LogP contribution >= 0.6 is 0 Å². The molecule has 1 amide bonds. The molecule has 0 heterocycles. The monoisotopic (exact) mass is 238 g/mol. The molecule has 2 fully saturated rings. The standard InChI is InChI=1S/C14H26N2O/c1-9(2)13(15)14(17)16(3)8-12-7-10-4-5-11(12)6-10/h9-13H,4-8,15H2,1-3H3. The van der Waals surface area contributed by atoms with Crippen LogP contribution in [0.25, 0.3) is 0 Å². The Labute approximate surface area is 105 Å². The maximum Gasteiger partial charge on any atom is 0.239 e. The summed E-state index contributed by atoms with van der Waals surface area (Å²) in [5.41, 5.74) is 5.92. The number of amides is 1. The van der Waals surface area contributed by atoms with Crippen LogP contribution in [0.5, 0.6) is 0 Å². The van der Waals surface area contributed by atoms with Crippen molar-refractivity contribution in [3.63, 3.8) is 0 Å². The predicted octanol–water partition coefficient (Wildman–Crippen LogP) is 1.86. The van der Waals surface area contributed by atoms with E-state index < -0.39 is 0 Å². The van der Waals surface area contributed by atoms with Crippen LogP contribution in [0.15, 0.2) is 0 Å². The van der Waals surface area contributed by atoms with Gasteiger partial charge < -0.3 is 10.6 Å². The first kappa shape index (κ1) is 12.9. The first-order valence-electron chi connectivity index (χ1n) is 6.99. The van der Waals surface area contributed by atoms with E-state index in [1.807, 2.05) is 25.8 Å². The van der Waals surface area contributed by atoms with Crippen LogP contribution in [0.2, 0.25) is 0 Å². The molecule has 2 bridgehead atoms. The molecule has 4 unspecified atom stereocenters. The summed E-state index contributed by atoms with van der Waals surface area (Å²) >= 11 is 0. The second-order valence-corrected chi connectivity index (χ2v) is 6.42. The van der Waals surface area contributed by atoms with Gasteiger partial charge in [-0.2, -0.15) is 0 Å². The second kappa shape index (κ2) is 4.97. The maximum absolute atomic E-state index is 12.1. The minimum Gasteiger partial charge on any atom is -0.344 e. The fraction of sp³-hybridized carbons (Fsp3) is 0.929. The van der Waals surface area contributed by atoms with E-state index in [1.165, 1.54) is 25.7 Å². The van der Waals surface area contributed by atoms with E-state index in [0.29, 0.717) is 0 Å². The molecule has 0 aromatic heterocycles. The zero-order valence-corrected chi connectivity index (χ0v) is 11.4. The zero-order valence-electron chi connectivity index (χ0n) is 11.4. The average molecular weight is 238 g/mol. The molecule has 2 aliphatic rings. The number of nitrogens with two attached hydrogens (primary N) is 1. The van der Waals surface area contributed by atoms with Crippen LogP contribution in [0.4, 0.5) is 0 Å². The van der Waals surface area contributed by atoms with Crippen molar-refractivity contribution >= 4 is 5.91 Å². The summed E-state index contributed by atoms with van der Waals surface area (Å²) in [6.45, 7) is 4.93. The Bertz CT molecular complexity index is 290. The Hall–Kier alpha value is -0.570. The number of rotatable bonds is 4. The van der Waals surface area contributed by atoms with Crippen LogP contribution in [0, 0.1) is 23.7 Å². The Morgan fingerprint density at radius 1 is 1.35 bits per heavy atom. The number of hydrogen-bond acceptors (Lipinski definition) is 2. The number of carbonyl (C=O) groups excluding carboxylic acids is 1. The molecular weight excluding hydrogens is 212 g/mol. The van der Waals surface area contributed by atoms with Crippen LogP contribution in [0.3, 0.4) is 0 Å². The lowest BCUT2D eigenvalue weighted by Crippen LogP contribution is -2.46. The highest BCUT2D eigenvalue weighted by molar-refractivity contribution is 5.81. The lowest BCUT2D eigenvalue weighted by Gasteiger charge is -2.29. The van der Waals surface area contributed by atoms with Gasteiger partial charge in [-0.3, -0.25) is 4.79 Å². The molecule has 0 aromatic rings. The van der Waals surface area contributed by atoms with E-state index in [2.05, 4.69) is 0 Å². The molecule has 2 rings (SSSR count). The first-order chi connectivity index (χ1) is 7.99. The van der Waals surface area contributed by atoms with Crippen LogP contribution in [0.1, 0.15) is 39.5 Å². The van der Waals surface area contributed by atoms with Gasteiger partial charge in [0, 0.05) is 13.6 Å². The first-order valence-corrected chi connectivity index (χ1v) is 6.99. The van der Waals surface area contributed by atoms with Gasteiger partial charge in [0.2, 0.25) is 5.91 Å². The third-order valence-corrected chi connectivity index (χ3v) is 4.77. The highest BCUT2D eigenvalue weighted by Crippen LogP contribution is 2.48. The lowest BCUT2D eigenvalue weighted by molar-refractivity contribution is -0.133. The molecule has 2 aliphatic carbocycles. The zero-order chi connectivity index (χ0) is 12.6. The van der Waals surface area contributed by atoms with Crippen molar-refractivity contribution in [1.29, 1.82) is 0 Å². The Balaban J connectivity index is 1.85. The molecule has 0 spiro atoms. The fourth-order valence-electron chi connectivity index (χ4n) is 3.58. The number of fused-ring (bicyclic) bond motifs is 2. The number of carbonyl (C=O) groups is 1. The summed E-state index contributed by atoms with van der Waals surface area (Å²) in [6.07, 6.45) is 5.54. The second-order valence-electron chi connectivity index (χ2n) is 6.42. The van der Waals surface area contributed by atoms with Gasteiger partial charge in [0.05, 0.1) is 6.04 Å². The summed E-state index contributed by atoms with van der Waals surface area (Å²) in [4.78, 5) is 14.0. The third-order valence-electron chi connectivity index (χ3n) is 4.77. The van der Waals surface area contributed by atoms with E-state index in [0.717, 1.165) is 24.3 Å². The number of nitrogens with zero attached hydrogens (tertiary/aromatic N) is 1. The molecule has 2 N–H and O–H groups in total. The highest BCUT2D eigenvalue weighted by Gasteiger charge is 2.40. The Morgan fingerprint density at radius 2 is 2.06 bits per heavy atom. The van der Waals surface area contributed by atoms with E-state index in [1.54, 1.807) is 0 Å². The molecule has 0 radical (unpaired) electrons. The van der Waals surface area contributed by atoms with Gasteiger partial charge in [-0.15, -0.1) is 0 Å². The summed E-state index contributed by atoms with van der Waals surface area (Å²) in [5, 5.41) is 0. The van der Waals surface area contributed by atoms with Crippen molar-refractivity contribution in [3.8, 4) is 0 Å². The van der Waals surface area contributed by atoms with E-state index in [4.69, 9.17) is 5.73 Å². The van der Waals surface area contributed by atoms with Crippen molar-refractivity contribution < 1.29 is 4.79 Å². The van der Waals surface area contributed by atoms with Crippen LogP contribution in [-0.2, 0) is 4.79 Å². The van der Waals surface area contributed by atoms with Gasteiger partial charge in [-0.05, 0) is 42.9 Å². The van der Waals surface area contributed by atoms with E-state index >= 15 is 0 Å². The van der Waals surface area contributed by atoms with E-state index in [9.17, 15) is 4.79 Å². The van der Waals surface area contributed by atoms with Gasteiger partial charge in [0.1, 0.15) is 0 Å². The third kappa shape index (κ3) is 2.65. The SMILES string of the molecule is CC(C)C(N)C(=O)N(C)CC1CC2CCC1C2. The van der Waals surface area contributed by atoms with Crippen molar-refractivity contribution in [3.05, 3.63) is 0 Å². The quantitative estimate of drug-likeness (QED) is 0.812. The molecule has 4 atom stereocenters. The molecule has 17 heavy (non-hydrogen) atoms. The van der Waals surface area contributed by atoms with Crippen molar-refractivity contribution in [1.82, 2.24) is 4.90 Å². The number of likely N-dealkylation sites (N-methyl/N-ethyl adjacent to an activating group) is 1. The van der Waals surface area contributed by atoms with Crippen molar-refractivity contribution in [2.75, 3.05) is 13.6 Å². The molecule has 2 saturated carbocycles. The van der Waals surface area contributed by atoms with Gasteiger partial charge in [-0.1, -0.05) is 20.3 Å². The normalized spacial score (nSPS) is 33.1. The molecular formula is C14H26N2O. The van der Waals surface area contributed by atoms with Crippen molar-refractivity contribution in [2.45, 2.75) is 45.6 Å². The fourth-order valence-corrected chi connectivity index (χ4v) is 3.58. The summed E-state index contributed by atoms with van der Waals surface area (Å²) in [6, 6.07) is -0.335. The summed E-state index contributed by atoms with van der Waals surface area (Å²) in [5.74, 6) is 2.91. The molecule has 0 aliphatic heterocycles. The van der Waals surface area contributed by atoms with Crippen LogP contribution in [-0.4, -0.2) is 30.4 Å². The molecule has 3 heteroatoms. The summed E-state index contributed by atoms with van der Waals surface area (Å²) < 4.78 is 0. The average Bonchev–Trinajstić information content (AvgIpc) is 2.88. The van der Waals surface area contributed by atoms with Gasteiger partial charge >= 0.3 is 0 Å². The summed E-state index contributed by atoms with van der Waals surface area (Å²) in [7, 11) is 1.91. The minimum absolute atomic E-state index is 0.114. The predicted molar refractivity (Wildman–Crippen MR) is 69.4 cm³/mol. The van der Waals surface area contributed by atoms with Gasteiger partial charge in [0.15, 0.2) is 0 Å². The van der Waals surface area contributed by atoms with Gasteiger partial charge in [0.25, 0.3) is 0 Å². The minimum atomic E-state index is -0.335. The van der Waals surface area contributed by atoms with Gasteiger partial charge in [-0.25, -0.2) is 0 Å². The van der Waals surface area contributed by atoms with Crippen LogP contribution < -0.4 is 5.73 Å². The molecule has 98 valence electrons. The molecule has 0 saturated heterocycles. The van der Waals surface area contributed by atoms with Crippen molar-refractivity contribution in [2.24, 2.45) is 29.4 Å².